The van der Waals surface area contributed by atoms with E-state index in [1.807, 2.05) is 6.92 Å². The quantitative estimate of drug-likeness (QED) is 0.697. The molecule has 4 unspecified atom stereocenters. The standard InChI is InChI=1S/C15H28N2O/c1-15(18,11-7-8-11)10-17-14-5-2-4-12(14)13-6-3-9-16-13/h11-14,16-18H,2-10H2,1H3. The summed E-state index contributed by atoms with van der Waals surface area (Å²) in [6.07, 6.45) is 9.13. The Morgan fingerprint density at radius 1 is 1.17 bits per heavy atom. The summed E-state index contributed by atoms with van der Waals surface area (Å²) in [5.74, 6) is 1.34. The number of rotatable bonds is 5. The third kappa shape index (κ3) is 2.73. The Kier molecular flexibility index (Phi) is 3.65. The second kappa shape index (κ2) is 5.10. The minimum atomic E-state index is -0.476. The molecular formula is C15H28N2O. The van der Waals surface area contributed by atoms with Crippen molar-refractivity contribution in [1.82, 2.24) is 10.6 Å². The summed E-state index contributed by atoms with van der Waals surface area (Å²) in [6, 6.07) is 1.36. The molecule has 3 nitrogen and oxygen atoms in total. The highest BCUT2D eigenvalue weighted by Crippen LogP contribution is 2.39. The first-order chi connectivity index (χ1) is 8.67. The van der Waals surface area contributed by atoms with E-state index in [1.54, 1.807) is 0 Å². The molecule has 1 heterocycles. The van der Waals surface area contributed by atoms with Crippen LogP contribution >= 0.6 is 0 Å². The predicted molar refractivity (Wildman–Crippen MR) is 73.5 cm³/mol. The van der Waals surface area contributed by atoms with E-state index < -0.39 is 5.60 Å². The zero-order chi connectivity index (χ0) is 12.6. The lowest BCUT2D eigenvalue weighted by Gasteiger charge is -2.31. The van der Waals surface area contributed by atoms with Crippen molar-refractivity contribution in [3.05, 3.63) is 0 Å². The van der Waals surface area contributed by atoms with E-state index in [0.717, 1.165) is 18.5 Å². The highest BCUT2D eigenvalue weighted by molar-refractivity contribution is 4.97. The first kappa shape index (κ1) is 12.9. The summed E-state index contributed by atoms with van der Waals surface area (Å²) in [7, 11) is 0. The molecule has 18 heavy (non-hydrogen) atoms. The van der Waals surface area contributed by atoms with Gasteiger partial charge in [-0.25, -0.2) is 0 Å². The first-order valence-corrected chi connectivity index (χ1v) is 7.86. The Morgan fingerprint density at radius 3 is 2.67 bits per heavy atom. The van der Waals surface area contributed by atoms with Gasteiger partial charge in [-0.1, -0.05) is 6.42 Å². The van der Waals surface area contributed by atoms with Crippen LogP contribution in [0.25, 0.3) is 0 Å². The van der Waals surface area contributed by atoms with Gasteiger partial charge in [0.1, 0.15) is 0 Å². The summed E-state index contributed by atoms with van der Waals surface area (Å²) in [5.41, 5.74) is -0.476. The van der Waals surface area contributed by atoms with Gasteiger partial charge in [0.15, 0.2) is 0 Å². The van der Waals surface area contributed by atoms with E-state index in [1.165, 1.54) is 51.5 Å². The molecule has 0 radical (unpaired) electrons. The van der Waals surface area contributed by atoms with Crippen molar-refractivity contribution in [3.8, 4) is 0 Å². The predicted octanol–water partition coefficient (Wildman–Crippen LogP) is 1.66. The summed E-state index contributed by atoms with van der Waals surface area (Å²) in [6.45, 7) is 3.99. The van der Waals surface area contributed by atoms with Crippen LogP contribution in [0.4, 0.5) is 0 Å². The van der Waals surface area contributed by atoms with Gasteiger partial charge in [-0.15, -0.1) is 0 Å². The van der Waals surface area contributed by atoms with Crippen LogP contribution in [0, 0.1) is 11.8 Å². The average molecular weight is 252 g/mol. The minimum Gasteiger partial charge on any atom is -0.389 e. The molecule has 3 rings (SSSR count). The monoisotopic (exact) mass is 252 g/mol. The summed E-state index contributed by atoms with van der Waals surface area (Å²) in [5, 5.41) is 17.7. The lowest BCUT2D eigenvalue weighted by molar-refractivity contribution is 0.0324. The molecule has 0 bridgehead atoms. The fraction of sp³-hybridized carbons (Fsp3) is 1.00. The van der Waals surface area contributed by atoms with Crippen LogP contribution in [0.15, 0.2) is 0 Å². The molecule has 0 amide bonds. The van der Waals surface area contributed by atoms with Crippen molar-refractivity contribution < 1.29 is 5.11 Å². The smallest absolute Gasteiger partial charge is 0.0771 e. The van der Waals surface area contributed by atoms with Gasteiger partial charge in [-0.3, -0.25) is 0 Å². The Morgan fingerprint density at radius 2 is 2.00 bits per heavy atom. The Labute approximate surface area is 111 Å². The zero-order valence-corrected chi connectivity index (χ0v) is 11.6. The third-order valence-corrected chi connectivity index (χ3v) is 5.36. The molecular weight excluding hydrogens is 224 g/mol. The highest BCUT2D eigenvalue weighted by Gasteiger charge is 2.41. The van der Waals surface area contributed by atoms with Crippen molar-refractivity contribution in [2.75, 3.05) is 13.1 Å². The van der Waals surface area contributed by atoms with Crippen molar-refractivity contribution in [1.29, 1.82) is 0 Å². The van der Waals surface area contributed by atoms with Crippen LogP contribution in [0.1, 0.15) is 51.9 Å². The van der Waals surface area contributed by atoms with E-state index in [2.05, 4.69) is 10.6 Å². The largest absolute Gasteiger partial charge is 0.389 e. The van der Waals surface area contributed by atoms with Crippen molar-refractivity contribution in [3.63, 3.8) is 0 Å². The van der Waals surface area contributed by atoms with E-state index in [4.69, 9.17) is 0 Å². The van der Waals surface area contributed by atoms with Gasteiger partial charge in [-0.05, 0) is 63.8 Å². The molecule has 0 aromatic carbocycles. The lowest BCUT2D eigenvalue weighted by Crippen LogP contribution is -2.48. The number of hydrogen-bond acceptors (Lipinski definition) is 3. The molecule has 3 N–H and O–H groups in total. The SMILES string of the molecule is CC(O)(CNC1CCCC1C1CCCN1)C1CC1. The fourth-order valence-corrected chi connectivity index (χ4v) is 3.99. The molecule has 0 spiro atoms. The summed E-state index contributed by atoms with van der Waals surface area (Å²) >= 11 is 0. The number of nitrogens with one attached hydrogen (secondary N) is 2. The van der Waals surface area contributed by atoms with Gasteiger partial charge in [0.2, 0.25) is 0 Å². The van der Waals surface area contributed by atoms with Crippen LogP contribution in [-0.4, -0.2) is 35.9 Å². The van der Waals surface area contributed by atoms with Crippen LogP contribution < -0.4 is 10.6 Å². The van der Waals surface area contributed by atoms with Crippen molar-refractivity contribution >= 4 is 0 Å². The first-order valence-electron chi connectivity index (χ1n) is 7.86. The van der Waals surface area contributed by atoms with Gasteiger partial charge in [0.05, 0.1) is 5.60 Å². The van der Waals surface area contributed by atoms with E-state index in [0.29, 0.717) is 12.0 Å². The average Bonchev–Trinajstić information content (AvgIpc) is 2.91. The third-order valence-electron chi connectivity index (χ3n) is 5.36. The second-order valence-electron chi connectivity index (χ2n) is 6.92. The minimum absolute atomic E-state index is 0.476. The maximum Gasteiger partial charge on any atom is 0.0771 e. The van der Waals surface area contributed by atoms with E-state index in [-0.39, 0.29) is 0 Å². The Bertz CT molecular complexity index is 282. The van der Waals surface area contributed by atoms with Gasteiger partial charge < -0.3 is 15.7 Å². The molecule has 3 heteroatoms. The van der Waals surface area contributed by atoms with Gasteiger partial charge in [-0.2, -0.15) is 0 Å². The fourth-order valence-electron chi connectivity index (χ4n) is 3.99. The van der Waals surface area contributed by atoms with Gasteiger partial charge in [0, 0.05) is 18.6 Å². The van der Waals surface area contributed by atoms with Crippen LogP contribution in [0.3, 0.4) is 0 Å². The summed E-state index contributed by atoms with van der Waals surface area (Å²) < 4.78 is 0. The molecule has 1 saturated heterocycles. The van der Waals surface area contributed by atoms with Crippen molar-refractivity contribution in [2.45, 2.75) is 69.6 Å². The molecule has 3 aliphatic rings. The molecule has 2 aliphatic carbocycles. The number of aliphatic hydroxyl groups is 1. The lowest BCUT2D eigenvalue weighted by atomic mass is 9.92. The van der Waals surface area contributed by atoms with Crippen LogP contribution in [-0.2, 0) is 0 Å². The molecule has 0 aromatic heterocycles. The topological polar surface area (TPSA) is 44.3 Å². The molecule has 104 valence electrons. The highest BCUT2D eigenvalue weighted by atomic mass is 16.3. The maximum atomic E-state index is 10.4. The number of hydrogen-bond donors (Lipinski definition) is 3. The van der Waals surface area contributed by atoms with E-state index >= 15 is 0 Å². The Balaban J connectivity index is 1.51. The molecule has 2 saturated carbocycles. The Hall–Kier alpha value is -0.120. The van der Waals surface area contributed by atoms with Crippen LogP contribution in [0.5, 0.6) is 0 Å². The molecule has 0 aromatic rings. The maximum absolute atomic E-state index is 10.4. The van der Waals surface area contributed by atoms with Crippen molar-refractivity contribution in [2.24, 2.45) is 11.8 Å². The second-order valence-corrected chi connectivity index (χ2v) is 6.92. The molecule has 3 fully saturated rings. The molecule has 4 atom stereocenters. The zero-order valence-electron chi connectivity index (χ0n) is 11.6. The van der Waals surface area contributed by atoms with Crippen LogP contribution in [0.2, 0.25) is 0 Å². The van der Waals surface area contributed by atoms with E-state index in [9.17, 15) is 5.11 Å². The summed E-state index contributed by atoms with van der Waals surface area (Å²) in [4.78, 5) is 0. The normalized spacial score (nSPS) is 40.0. The van der Waals surface area contributed by atoms with Gasteiger partial charge >= 0.3 is 0 Å². The van der Waals surface area contributed by atoms with Gasteiger partial charge in [0.25, 0.3) is 0 Å². The molecule has 1 aliphatic heterocycles.